The maximum absolute atomic E-state index is 14.4. The first kappa shape index (κ1) is 24.5. The van der Waals surface area contributed by atoms with Crippen LogP contribution in [0, 0.1) is 17.1 Å². The van der Waals surface area contributed by atoms with Crippen molar-refractivity contribution in [1.82, 2.24) is 19.7 Å². The minimum absolute atomic E-state index is 0.0244. The Bertz CT molecular complexity index is 1440. The number of aromatic nitrogens is 4. The molecule has 0 aliphatic heterocycles. The second-order valence-corrected chi connectivity index (χ2v) is 8.36. The largest absolute Gasteiger partial charge is 0.416 e. The molecule has 0 aliphatic carbocycles. The molecule has 4 rings (SSSR count). The number of nitrogen functional groups attached to an aromatic ring is 1. The van der Waals surface area contributed by atoms with Gasteiger partial charge in [0, 0.05) is 17.4 Å². The summed E-state index contributed by atoms with van der Waals surface area (Å²) >= 11 is 0. The van der Waals surface area contributed by atoms with Crippen LogP contribution in [0.3, 0.4) is 0 Å². The third-order valence-corrected chi connectivity index (χ3v) is 5.24. The molecule has 0 amide bonds. The van der Waals surface area contributed by atoms with Crippen molar-refractivity contribution >= 4 is 28.8 Å². The summed E-state index contributed by atoms with van der Waals surface area (Å²) in [6.07, 6.45) is -0.00879. The maximum Gasteiger partial charge on any atom is 0.416 e. The van der Waals surface area contributed by atoms with Crippen LogP contribution in [0.1, 0.15) is 19.4 Å². The van der Waals surface area contributed by atoms with Crippen molar-refractivity contribution in [1.29, 1.82) is 5.26 Å². The number of nitrogens with two attached hydrogens (primary N) is 1. The smallest absolute Gasteiger partial charge is 0.399 e. The third kappa shape index (κ3) is 5.20. The minimum Gasteiger partial charge on any atom is -0.399 e. The molecule has 0 atom stereocenters. The highest BCUT2D eigenvalue weighted by Gasteiger charge is 2.30. The number of hydrogen-bond donors (Lipinski definition) is 3. The van der Waals surface area contributed by atoms with Crippen LogP contribution < -0.4 is 16.4 Å². The van der Waals surface area contributed by atoms with Crippen LogP contribution in [0.2, 0.25) is 0 Å². The molecule has 2 aromatic heterocycles. The molecule has 2 heterocycles. The Morgan fingerprint density at radius 2 is 1.75 bits per heavy atom. The van der Waals surface area contributed by atoms with Crippen LogP contribution in [0.15, 0.2) is 61.1 Å². The van der Waals surface area contributed by atoms with Crippen LogP contribution in [-0.2, 0) is 11.7 Å². The van der Waals surface area contributed by atoms with E-state index in [1.54, 1.807) is 20.0 Å². The Hall–Kier alpha value is -4.66. The maximum atomic E-state index is 14.4. The van der Waals surface area contributed by atoms with Gasteiger partial charge in [-0.05, 0) is 49.7 Å². The lowest BCUT2D eigenvalue weighted by Gasteiger charge is -2.15. The van der Waals surface area contributed by atoms with Gasteiger partial charge < -0.3 is 16.4 Å². The summed E-state index contributed by atoms with van der Waals surface area (Å²) in [5, 5.41) is 19.3. The van der Waals surface area contributed by atoms with Gasteiger partial charge in [0.05, 0.1) is 35.4 Å². The molecular weight excluding hydrogens is 476 g/mol. The quantitative estimate of drug-likeness (QED) is 0.227. The predicted octanol–water partition coefficient (Wildman–Crippen LogP) is 5.83. The number of hydrogen-bond acceptors (Lipinski definition) is 7. The van der Waals surface area contributed by atoms with Gasteiger partial charge in [0.25, 0.3) is 0 Å². The molecule has 4 N–H and O–H groups in total. The van der Waals surface area contributed by atoms with Crippen LogP contribution in [0.5, 0.6) is 0 Å². The lowest BCUT2D eigenvalue weighted by molar-refractivity contribution is -0.137. The number of rotatable bonds is 6. The predicted molar refractivity (Wildman–Crippen MR) is 127 cm³/mol. The molecule has 0 saturated carbocycles. The van der Waals surface area contributed by atoms with Crippen LogP contribution >= 0.6 is 0 Å². The average molecular weight is 496 g/mol. The van der Waals surface area contributed by atoms with E-state index in [0.29, 0.717) is 22.5 Å². The number of alkyl halides is 3. The summed E-state index contributed by atoms with van der Waals surface area (Å²) in [4.78, 5) is 8.66. The van der Waals surface area contributed by atoms with E-state index in [-0.39, 0.29) is 17.5 Å². The summed E-state index contributed by atoms with van der Waals surface area (Å²) in [5.41, 5.74) is 5.61. The molecule has 0 bridgehead atoms. The van der Waals surface area contributed by atoms with E-state index < -0.39 is 23.1 Å². The van der Waals surface area contributed by atoms with Gasteiger partial charge in [-0.3, -0.25) is 4.68 Å². The lowest BCUT2D eigenvalue weighted by Crippen LogP contribution is -2.24. The zero-order chi connectivity index (χ0) is 26.1. The first-order chi connectivity index (χ1) is 17.0. The van der Waals surface area contributed by atoms with Crippen molar-refractivity contribution in [2.45, 2.75) is 25.6 Å². The standard InChI is InChI=1S/C24H20F4N8/c1-23(2,13-29)36-12-17(10-32-36)33-22-31-11-18(14-3-5-15(6-4-14)24(26,27)28)21(35-22)34-20-9-16(30)7-8-19(20)25/h3-12H,30H2,1-2H3,(H2,31,33,34,35). The molecular formula is C24H20F4N8. The zero-order valence-electron chi connectivity index (χ0n) is 19.1. The van der Waals surface area contributed by atoms with E-state index in [4.69, 9.17) is 5.73 Å². The summed E-state index contributed by atoms with van der Waals surface area (Å²) in [5.74, 6) is -0.371. The van der Waals surface area contributed by atoms with E-state index in [9.17, 15) is 22.8 Å². The van der Waals surface area contributed by atoms with Crippen LogP contribution in [0.25, 0.3) is 11.1 Å². The summed E-state index contributed by atoms with van der Waals surface area (Å²) in [6, 6.07) is 10.5. The summed E-state index contributed by atoms with van der Waals surface area (Å²) < 4.78 is 54.9. The molecule has 184 valence electrons. The van der Waals surface area contributed by atoms with Gasteiger partial charge in [0.2, 0.25) is 5.95 Å². The number of nitrogens with zero attached hydrogens (tertiary/aromatic N) is 5. The van der Waals surface area contributed by atoms with Gasteiger partial charge in [0.1, 0.15) is 17.2 Å². The normalized spacial score (nSPS) is 11.7. The molecule has 2 aromatic carbocycles. The fourth-order valence-corrected chi connectivity index (χ4v) is 3.23. The second kappa shape index (κ2) is 9.18. The van der Waals surface area contributed by atoms with Gasteiger partial charge in [0.15, 0.2) is 0 Å². The fraction of sp³-hybridized carbons (Fsp3) is 0.167. The molecule has 0 aliphatic rings. The second-order valence-electron chi connectivity index (χ2n) is 8.36. The number of benzene rings is 2. The van der Waals surface area contributed by atoms with Gasteiger partial charge in [-0.25, -0.2) is 9.37 Å². The molecule has 4 aromatic rings. The molecule has 12 heteroatoms. The van der Waals surface area contributed by atoms with E-state index >= 15 is 0 Å². The molecule has 0 fully saturated rings. The minimum atomic E-state index is -4.49. The highest BCUT2D eigenvalue weighted by molar-refractivity contribution is 5.79. The van der Waals surface area contributed by atoms with E-state index in [2.05, 4.69) is 31.8 Å². The van der Waals surface area contributed by atoms with E-state index in [1.807, 2.05) is 0 Å². The Morgan fingerprint density at radius 1 is 1.03 bits per heavy atom. The van der Waals surface area contributed by atoms with Gasteiger partial charge in [-0.15, -0.1) is 0 Å². The summed E-state index contributed by atoms with van der Waals surface area (Å²) in [7, 11) is 0. The number of halogens is 4. The molecule has 36 heavy (non-hydrogen) atoms. The van der Waals surface area contributed by atoms with Gasteiger partial charge >= 0.3 is 6.18 Å². The Morgan fingerprint density at radius 3 is 2.42 bits per heavy atom. The molecule has 0 radical (unpaired) electrons. The van der Waals surface area contributed by atoms with Crippen molar-refractivity contribution in [2.24, 2.45) is 0 Å². The summed E-state index contributed by atoms with van der Waals surface area (Å²) in [6.45, 7) is 3.39. The van der Waals surface area contributed by atoms with Crippen LogP contribution in [0.4, 0.5) is 46.4 Å². The Balaban J connectivity index is 1.72. The van der Waals surface area contributed by atoms with Crippen molar-refractivity contribution in [2.75, 3.05) is 16.4 Å². The fourth-order valence-electron chi connectivity index (χ4n) is 3.23. The molecule has 0 spiro atoms. The zero-order valence-corrected chi connectivity index (χ0v) is 19.1. The highest BCUT2D eigenvalue weighted by Crippen LogP contribution is 2.34. The lowest BCUT2D eigenvalue weighted by atomic mass is 10.1. The van der Waals surface area contributed by atoms with E-state index in [0.717, 1.165) is 12.1 Å². The highest BCUT2D eigenvalue weighted by atomic mass is 19.4. The van der Waals surface area contributed by atoms with Crippen molar-refractivity contribution in [3.05, 3.63) is 72.4 Å². The SMILES string of the molecule is CC(C)(C#N)n1cc(Nc2ncc(-c3ccc(C(F)(F)F)cc3)c(Nc3cc(N)ccc3F)n2)cn1. The van der Waals surface area contributed by atoms with Crippen LogP contribution in [-0.4, -0.2) is 19.7 Å². The third-order valence-electron chi connectivity index (χ3n) is 5.24. The first-order valence-corrected chi connectivity index (χ1v) is 10.6. The number of anilines is 5. The van der Waals surface area contributed by atoms with Gasteiger partial charge in [-0.2, -0.15) is 28.5 Å². The van der Waals surface area contributed by atoms with Gasteiger partial charge in [-0.1, -0.05) is 12.1 Å². The number of nitriles is 1. The average Bonchev–Trinajstić information content (AvgIpc) is 3.31. The molecule has 0 saturated heterocycles. The van der Waals surface area contributed by atoms with E-state index in [1.165, 1.54) is 47.4 Å². The molecule has 8 nitrogen and oxygen atoms in total. The topological polar surface area (TPSA) is 117 Å². The van der Waals surface area contributed by atoms with Crippen molar-refractivity contribution in [3.63, 3.8) is 0 Å². The molecule has 0 unspecified atom stereocenters. The first-order valence-electron chi connectivity index (χ1n) is 10.6. The van der Waals surface area contributed by atoms with Crippen molar-refractivity contribution < 1.29 is 17.6 Å². The Labute approximate surface area is 203 Å². The number of nitrogens with one attached hydrogen (secondary N) is 2. The van der Waals surface area contributed by atoms with Crippen molar-refractivity contribution in [3.8, 4) is 17.2 Å². The monoisotopic (exact) mass is 496 g/mol. The Kier molecular flexibility index (Phi) is 6.24.